The quantitative estimate of drug-likeness (QED) is 0.114. The van der Waals surface area contributed by atoms with Crippen molar-refractivity contribution >= 4 is 70.6 Å². The van der Waals surface area contributed by atoms with Crippen LogP contribution >= 0.6 is 27.3 Å². The van der Waals surface area contributed by atoms with E-state index in [9.17, 15) is 23.3 Å². The number of rotatable bonds is 13. The minimum atomic E-state index is -3.90. The summed E-state index contributed by atoms with van der Waals surface area (Å²) in [5, 5.41) is 16.4. The minimum absolute atomic E-state index is 0.0101. The van der Waals surface area contributed by atoms with E-state index in [1.54, 1.807) is 6.07 Å². The van der Waals surface area contributed by atoms with Gasteiger partial charge in [0.1, 0.15) is 4.92 Å². The molecule has 2 aromatic carbocycles. The molecule has 0 bridgehead atoms. The number of carbonyl (C=O) groups excluding carboxylic acids is 1. The van der Waals surface area contributed by atoms with Gasteiger partial charge in [0, 0.05) is 37.3 Å². The molecule has 1 amide bonds. The summed E-state index contributed by atoms with van der Waals surface area (Å²) in [4.78, 5) is 28.4. The van der Waals surface area contributed by atoms with Gasteiger partial charge in [0.15, 0.2) is 5.76 Å². The van der Waals surface area contributed by atoms with Crippen LogP contribution in [0.2, 0.25) is 0 Å². The van der Waals surface area contributed by atoms with E-state index >= 15 is 0 Å². The van der Waals surface area contributed by atoms with Crippen molar-refractivity contribution in [3.8, 4) is 0 Å². The number of hydrogen-bond donors (Lipinski definition) is 0. The van der Waals surface area contributed by atoms with Gasteiger partial charge in [-0.25, -0.2) is 13.4 Å². The average Bonchev–Trinajstić information content (AvgIpc) is 3.60. The third-order valence-electron chi connectivity index (χ3n) is 5.63. The highest BCUT2D eigenvalue weighted by Crippen LogP contribution is 2.32. The SMILES string of the molecule is COCCN(CCOC)S(=O)(=O)c1ccc(C(=O)N(/N=C/c2ccc([N+](=O)[O-])o2)c2nc3ccc(Br)cc3s2)cc1. The molecule has 0 saturated carbocycles. The summed E-state index contributed by atoms with van der Waals surface area (Å²) in [7, 11) is -0.938. The summed E-state index contributed by atoms with van der Waals surface area (Å²) < 4.78 is 44.5. The maximum atomic E-state index is 13.6. The molecule has 0 atom stereocenters. The van der Waals surface area contributed by atoms with Crippen molar-refractivity contribution in [3.05, 3.63) is 80.5 Å². The summed E-state index contributed by atoms with van der Waals surface area (Å²) in [6.45, 7) is 0.655. The van der Waals surface area contributed by atoms with Gasteiger partial charge in [-0.05, 0) is 48.5 Å². The molecule has 0 aliphatic carbocycles. The molecular weight excluding hydrogens is 642 g/mol. The lowest BCUT2D eigenvalue weighted by Gasteiger charge is -2.21. The number of methoxy groups -OCH3 is 2. The number of carbonyl (C=O) groups is 1. The number of aromatic nitrogens is 1. The molecule has 4 rings (SSSR count). The molecule has 41 heavy (non-hydrogen) atoms. The van der Waals surface area contributed by atoms with Crippen LogP contribution in [0.25, 0.3) is 10.2 Å². The van der Waals surface area contributed by atoms with E-state index in [4.69, 9.17) is 13.9 Å². The zero-order valence-corrected chi connectivity index (χ0v) is 25.0. The van der Waals surface area contributed by atoms with Crippen molar-refractivity contribution in [3.63, 3.8) is 0 Å². The Bertz CT molecular complexity index is 1660. The third kappa shape index (κ3) is 7.22. The van der Waals surface area contributed by atoms with Crippen molar-refractivity contribution in [2.24, 2.45) is 5.10 Å². The molecule has 2 aromatic heterocycles. The number of hydrazone groups is 1. The summed E-state index contributed by atoms with van der Waals surface area (Å²) in [6, 6.07) is 13.4. The Morgan fingerprint density at radius 3 is 2.41 bits per heavy atom. The van der Waals surface area contributed by atoms with Gasteiger partial charge >= 0.3 is 5.88 Å². The van der Waals surface area contributed by atoms with Gasteiger partial charge in [-0.1, -0.05) is 27.3 Å². The Hall–Kier alpha value is -3.54. The molecule has 0 N–H and O–H groups in total. The number of halogens is 1. The van der Waals surface area contributed by atoms with Crippen molar-refractivity contribution in [2.45, 2.75) is 4.90 Å². The van der Waals surface area contributed by atoms with Gasteiger partial charge in [-0.3, -0.25) is 14.9 Å². The molecule has 4 aromatic rings. The number of sulfonamides is 1. The normalized spacial score (nSPS) is 12.0. The van der Waals surface area contributed by atoms with Crippen molar-refractivity contribution in [2.75, 3.05) is 45.5 Å². The third-order valence-corrected chi connectivity index (χ3v) is 9.03. The van der Waals surface area contributed by atoms with Crippen LogP contribution in [0.4, 0.5) is 11.0 Å². The Labute approximate surface area is 247 Å². The minimum Gasteiger partial charge on any atom is -0.400 e. The molecule has 0 radical (unpaired) electrons. The Morgan fingerprint density at radius 2 is 1.80 bits per heavy atom. The lowest BCUT2D eigenvalue weighted by molar-refractivity contribution is -0.402. The molecule has 0 fully saturated rings. The highest BCUT2D eigenvalue weighted by Gasteiger charge is 2.26. The number of hydrogen-bond acceptors (Lipinski definition) is 11. The number of nitrogens with zero attached hydrogens (tertiary/aromatic N) is 5. The smallest absolute Gasteiger partial charge is 0.400 e. The Morgan fingerprint density at radius 1 is 1.12 bits per heavy atom. The van der Waals surface area contributed by atoms with Crippen LogP contribution in [0.1, 0.15) is 16.1 Å². The fraction of sp³-hybridized carbons (Fsp3) is 0.240. The van der Waals surface area contributed by atoms with Crippen LogP contribution in [-0.2, 0) is 19.5 Å². The number of benzene rings is 2. The second kappa shape index (κ2) is 13.4. The van der Waals surface area contributed by atoms with Gasteiger partial charge in [0.25, 0.3) is 5.91 Å². The fourth-order valence-corrected chi connectivity index (χ4v) is 6.45. The number of fused-ring (bicyclic) bond motifs is 1. The number of ether oxygens (including phenoxy) is 2. The number of amides is 1. The van der Waals surface area contributed by atoms with Crippen molar-refractivity contribution in [1.29, 1.82) is 0 Å². The summed E-state index contributed by atoms with van der Waals surface area (Å²) in [5.41, 5.74) is 0.760. The molecule has 0 aliphatic heterocycles. The summed E-state index contributed by atoms with van der Waals surface area (Å²) >= 11 is 4.61. The second-order valence-electron chi connectivity index (χ2n) is 8.32. The van der Waals surface area contributed by atoms with E-state index in [-0.39, 0.29) is 47.7 Å². The van der Waals surface area contributed by atoms with E-state index in [2.05, 4.69) is 26.0 Å². The topological polar surface area (TPSA) is 158 Å². The van der Waals surface area contributed by atoms with Crippen LogP contribution in [0.5, 0.6) is 0 Å². The first kappa shape index (κ1) is 30.4. The molecular formula is C25H24BrN5O8S2. The van der Waals surface area contributed by atoms with Gasteiger partial charge in [-0.2, -0.15) is 14.4 Å². The van der Waals surface area contributed by atoms with E-state index < -0.39 is 26.7 Å². The van der Waals surface area contributed by atoms with Crippen LogP contribution in [0.15, 0.2) is 73.5 Å². The summed E-state index contributed by atoms with van der Waals surface area (Å²) in [5.74, 6) is -1.04. The van der Waals surface area contributed by atoms with Gasteiger partial charge in [0.2, 0.25) is 15.2 Å². The fourth-order valence-electron chi connectivity index (χ4n) is 3.57. The van der Waals surface area contributed by atoms with Crippen LogP contribution in [-0.4, -0.2) is 75.3 Å². The number of anilines is 1. The largest absolute Gasteiger partial charge is 0.433 e. The van der Waals surface area contributed by atoms with Crippen LogP contribution in [0, 0.1) is 10.1 Å². The zero-order chi connectivity index (χ0) is 29.6. The average molecular weight is 667 g/mol. The van der Waals surface area contributed by atoms with E-state index in [0.717, 1.165) is 20.4 Å². The molecule has 0 unspecified atom stereocenters. The first-order valence-electron chi connectivity index (χ1n) is 11.9. The molecule has 0 aliphatic rings. The first-order chi connectivity index (χ1) is 19.6. The monoisotopic (exact) mass is 665 g/mol. The Balaban J connectivity index is 1.66. The predicted octanol–water partition coefficient (Wildman–Crippen LogP) is 4.52. The predicted molar refractivity (Wildman–Crippen MR) is 156 cm³/mol. The number of nitro groups is 1. The van der Waals surface area contributed by atoms with Crippen molar-refractivity contribution in [1.82, 2.24) is 9.29 Å². The molecule has 216 valence electrons. The standard InChI is InChI=1S/C25H24BrN5O8S2/c1-37-13-11-29(12-14-38-2)41(35,36)20-7-3-17(4-8-20)24(32)30(27-16-19-6-10-23(39-19)31(33)34)25-28-21-9-5-18(26)15-22(21)40-25/h3-10,15-16H,11-14H2,1-2H3/b27-16+. The molecule has 16 heteroatoms. The van der Waals surface area contributed by atoms with E-state index in [1.165, 1.54) is 66.3 Å². The van der Waals surface area contributed by atoms with Gasteiger partial charge in [0.05, 0.1) is 40.6 Å². The number of thiazole rings is 1. The number of furan rings is 1. The summed E-state index contributed by atoms with van der Waals surface area (Å²) in [6.07, 6.45) is 1.16. The van der Waals surface area contributed by atoms with Gasteiger partial charge < -0.3 is 13.9 Å². The maximum Gasteiger partial charge on any atom is 0.433 e. The first-order valence-corrected chi connectivity index (χ1v) is 15.0. The van der Waals surface area contributed by atoms with Gasteiger partial charge in [-0.15, -0.1) is 0 Å². The lowest BCUT2D eigenvalue weighted by atomic mass is 10.2. The molecule has 13 nitrogen and oxygen atoms in total. The Kier molecular flexibility index (Phi) is 9.95. The maximum absolute atomic E-state index is 13.6. The highest BCUT2D eigenvalue weighted by molar-refractivity contribution is 9.10. The van der Waals surface area contributed by atoms with Crippen LogP contribution in [0.3, 0.4) is 0 Å². The zero-order valence-electron chi connectivity index (χ0n) is 21.8. The second-order valence-corrected chi connectivity index (χ2v) is 12.2. The van der Waals surface area contributed by atoms with Crippen molar-refractivity contribution < 1.29 is 32.0 Å². The molecule has 0 saturated heterocycles. The highest BCUT2D eigenvalue weighted by atomic mass is 79.9. The van der Waals surface area contributed by atoms with E-state index in [1.807, 2.05) is 12.1 Å². The molecule has 2 heterocycles. The molecule has 0 spiro atoms. The lowest BCUT2D eigenvalue weighted by Crippen LogP contribution is -2.36. The van der Waals surface area contributed by atoms with Crippen LogP contribution < -0.4 is 5.01 Å². The van der Waals surface area contributed by atoms with E-state index in [0.29, 0.717) is 5.52 Å².